The molecule has 2 aromatic rings. The molecular weight excluding hydrogens is 382 g/mol. The van der Waals surface area contributed by atoms with Crippen molar-refractivity contribution in [3.63, 3.8) is 0 Å². The highest BCUT2D eigenvalue weighted by atomic mass is 16.5. The van der Waals surface area contributed by atoms with E-state index < -0.39 is 0 Å². The molecule has 1 atom stereocenters. The van der Waals surface area contributed by atoms with Crippen molar-refractivity contribution in [2.75, 3.05) is 61.1 Å². The number of morpholine rings is 1. The molecule has 0 saturated carbocycles. The lowest BCUT2D eigenvalue weighted by atomic mass is 9.98. The molecule has 1 aromatic heterocycles. The number of rotatable bonds is 6. The summed E-state index contributed by atoms with van der Waals surface area (Å²) in [4.78, 5) is 25.6. The van der Waals surface area contributed by atoms with Crippen LogP contribution in [-0.4, -0.2) is 61.9 Å². The van der Waals surface area contributed by atoms with Crippen molar-refractivity contribution < 1.29 is 14.3 Å². The predicted octanol–water partition coefficient (Wildman–Crippen LogP) is 2.84. The highest BCUT2D eigenvalue weighted by molar-refractivity contribution is 5.73. The summed E-state index contributed by atoms with van der Waals surface area (Å²) < 4.78 is 10.6. The van der Waals surface area contributed by atoms with Crippen molar-refractivity contribution >= 4 is 29.1 Å². The number of hydrogen-bond donors (Lipinski definition) is 1. The van der Waals surface area contributed by atoms with Gasteiger partial charge in [-0.1, -0.05) is 0 Å². The highest BCUT2D eigenvalue weighted by Gasteiger charge is 2.27. The summed E-state index contributed by atoms with van der Waals surface area (Å²) in [6, 6.07) is 10.2. The minimum absolute atomic E-state index is 0.0993. The number of anilines is 4. The van der Waals surface area contributed by atoms with Crippen LogP contribution in [0.1, 0.15) is 19.8 Å². The number of carbonyl (C=O) groups is 1. The minimum Gasteiger partial charge on any atom is -0.466 e. The van der Waals surface area contributed by atoms with Crippen LogP contribution >= 0.6 is 0 Å². The van der Waals surface area contributed by atoms with Crippen LogP contribution in [-0.2, 0) is 14.3 Å². The molecule has 0 spiro atoms. The highest BCUT2D eigenvalue weighted by Crippen LogP contribution is 2.25. The Morgan fingerprint density at radius 2 is 1.97 bits per heavy atom. The zero-order chi connectivity index (χ0) is 20.8. The third kappa shape index (κ3) is 4.99. The van der Waals surface area contributed by atoms with Gasteiger partial charge in [0.05, 0.1) is 25.7 Å². The average molecular weight is 412 g/mol. The van der Waals surface area contributed by atoms with Crippen LogP contribution in [0.25, 0.3) is 0 Å². The van der Waals surface area contributed by atoms with E-state index in [2.05, 4.69) is 37.2 Å². The van der Waals surface area contributed by atoms with Gasteiger partial charge in [-0.3, -0.25) is 4.79 Å². The van der Waals surface area contributed by atoms with Gasteiger partial charge >= 0.3 is 5.97 Å². The molecule has 160 valence electrons. The first-order valence-corrected chi connectivity index (χ1v) is 10.7. The van der Waals surface area contributed by atoms with Gasteiger partial charge in [-0.15, -0.1) is 0 Å². The fourth-order valence-corrected chi connectivity index (χ4v) is 3.93. The second-order valence-electron chi connectivity index (χ2n) is 7.55. The Bertz CT molecular complexity index is 839. The van der Waals surface area contributed by atoms with E-state index in [0.29, 0.717) is 19.1 Å². The Labute approximate surface area is 177 Å². The number of benzene rings is 1. The van der Waals surface area contributed by atoms with Gasteiger partial charge in [0.1, 0.15) is 5.82 Å². The summed E-state index contributed by atoms with van der Waals surface area (Å²) in [5.41, 5.74) is 2.13. The van der Waals surface area contributed by atoms with E-state index in [1.165, 1.54) is 5.69 Å². The first-order chi connectivity index (χ1) is 14.7. The Morgan fingerprint density at radius 3 is 2.73 bits per heavy atom. The van der Waals surface area contributed by atoms with E-state index in [-0.39, 0.29) is 11.9 Å². The minimum atomic E-state index is -0.116. The molecule has 8 nitrogen and oxygen atoms in total. The summed E-state index contributed by atoms with van der Waals surface area (Å²) in [7, 11) is 0. The Morgan fingerprint density at radius 1 is 1.17 bits per heavy atom. The molecule has 1 N–H and O–H groups in total. The zero-order valence-electron chi connectivity index (χ0n) is 17.4. The summed E-state index contributed by atoms with van der Waals surface area (Å²) in [5.74, 6) is 1.16. The van der Waals surface area contributed by atoms with Gasteiger partial charge in [0.15, 0.2) is 0 Å². The molecule has 4 rings (SSSR count). The molecule has 0 unspecified atom stereocenters. The van der Waals surface area contributed by atoms with Gasteiger partial charge in [-0.25, -0.2) is 4.98 Å². The molecule has 30 heavy (non-hydrogen) atoms. The molecule has 2 saturated heterocycles. The number of esters is 1. The van der Waals surface area contributed by atoms with E-state index in [1.807, 2.05) is 25.1 Å². The van der Waals surface area contributed by atoms with Crippen molar-refractivity contribution in [2.45, 2.75) is 19.8 Å². The van der Waals surface area contributed by atoms with E-state index in [0.717, 1.165) is 57.2 Å². The second-order valence-corrected chi connectivity index (χ2v) is 7.55. The van der Waals surface area contributed by atoms with Crippen LogP contribution in [0.15, 0.2) is 36.5 Å². The fourth-order valence-electron chi connectivity index (χ4n) is 3.93. The van der Waals surface area contributed by atoms with Gasteiger partial charge in [0.2, 0.25) is 5.95 Å². The zero-order valence-corrected chi connectivity index (χ0v) is 17.4. The lowest BCUT2D eigenvalue weighted by molar-refractivity contribution is -0.148. The number of piperidine rings is 1. The number of aromatic nitrogens is 2. The van der Waals surface area contributed by atoms with Gasteiger partial charge in [-0.2, -0.15) is 4.98 Å². The Hall–Kier alpha value is -2.87. The molecule has 2 aliphatic rings. The number of hydrogen-bond acceptors (Lipinski definition) is 8. The van der Waals surface area contributed by atoms with Crippen LogP contribution in [0, 0.1) is 5.92 Å². The molecule has 0 radical (unpaired) electrons. The quantitative estimate of drug-likeness (QED) is 0.727. The maximum absolute atomic E-state index is 12.1. The first kappa shape index (κ1) is 20.4. The van der Waals surface area contributed by atoms with Crippen molar-refractivity contribution in [3.05, 3.63) is 36.5 Å². The lowest BCUT2D eigenvalue weighted by Gasteiger charge is -2.32. The van der Waals surface area contributed by atoms with E-state index in [1.54, 1.807) is 6.20 Å². The Kier molecular flexibility index (Phi) is 6.63. The molecule has 0 bridgehead atoms. The third-order valence-electron chi connectivity index (χ3n) is 5.51. The maximum Gasteiger partial charge on any atom is 0.310 e. The standard InChI is InChI=1S/C22H29N5O3/c1-2-30-21(28)17-4-3-11-27(16-17)20-9-10-23-22(25-20)24-18-5-7-19(8-6-18)26-12-14-29-15-13-26/h5-10,17H,2-4,11-16H2,1H3,(H,23,24,25)/t17-/m0/s1. The van der Waals surface area contributed by atoms with Crippen LogP contribution in [0.5, 0.6) is 0 Å². The van der Waals surface area contributed by atoms with Crippen LogP contribution in [0.3, 0.4) is 0 Å². The van der Waals surface area contributed by atoms with E-state index in [9.17, 15) is 4.79 Å². The fraction of sp³-hybridized carbons (Fsp3) is 0.500. The second kappa shape index (κ2) is 9.75. The summed E-state index contributed by atoms with van der Waals surface area (Å²) in [6.07, 6.45) is 3.56. The van der Waals surface area contributed by atoms with Crippen molar-refractivity contribution in [2.24, 2.45) is 5.92 Å². The molecule has 1 aromatic carbocycles. The van der Waals surface area contributed by atoms with Crippen molar-refractivity contribution in [1.82, 2.24) is 9.97 Å². The summed E-state index contributed by atoms with van der Waals surface area (Å²) in [6.45, 7) is 7.14. The normalized spacial score (nSPS) is 19.4. The van der Waals surface area contributed by atoms with Crippen LogP contribution in [0.4, 0.5) is 23.1 Å². The SMILES string of the molecule is CCOC(=O)[C@H]1CCCN(c2ccnc(Nc3ccc(N4CCOCC4)cc3)n2)C1. The average Bonchev–Trinajstić information content (AvgIpc) is 2.81. The predicted molar refractivity (Wildman–Crippen MR) is 116 cm³/mol. The third-order valence-corrected chi connectivity index (χ3v) is 5.51. The molecular formula is C22H29N5O3. The van der Waals surface area contributed by atoms with Crippen LogP contribution < -0.4 is 15.1 Å². The van der Waals surface area contributed by atoms with Gasteiger partial charge in [0.25, 0.3) is 0 Å². The molecule has 0 amide bonds. The largest absolute Gasteiger partial charge is 0.466 e. The van der Waals surface area contributed by atoms with E-state index >= 15 is 0 Å². The van der Waals surface area contributed by atoms with Crippen molar-refractivity contribution in [3.8, 4) is 0 Å². The maximum atomic E-state index is 12.1. The van der Waals surface area contributed by atoms with Gasteiger partial charge < -0.3 is 24.6 Å². The van der Waals surface area contributed by atoms with Crippen molar-refractivity contribution in [1.29, 1.82) is 0 Å². The molecule has 0 aliphatic carbocycles. The van der Waals surface area contributed by atoms with Gasteiger partial charge in [-0.05, 0) is 50.1 Å². The Balaban J connectivity index is 1.40. The smallest absolute Gasteiger partial charge is 0.310 e. The van der Waals surface area contributed by atoms with E-state index in [4.69, 9.17) is 9.47 Å². The molecule has 2 fully saturated rings. The molecule has 8 heteroatoms. The number of nitrogens with one attached hydrogen (secondary N) is 1. The number of nitrogens with zero attached hydrogens (tertiary/aromatic N) is 4. The summed E-state index contributed by atoms with van der Waals surface area (Å²) >= 11 is 0. The monoisotopic (exact) mass is 411 g/mol. The summed E-state index contributed by atoms with van der Waals surface area (Å²) in [5, 5.41) is 3.28. The number of ether oxygens (including phenoxy) is 2. The first-order valence-electron chi connectivity index (χ1n) is 10.7. The molecule has 2 aliphatic heterocycles. The lowest BCUT2D eigenvalue weighted by Crippen LogP contribution is -2.39. The topological polar surface area (TPSA) is 79.8 Å². The van der Waals surface area contributed by atoms with Crippen LogP contribution in [0.2, 0.25) is 0 Å². The molecule has 3 heterocycles. The van der Waals surface area contributed by atoms with Gasteiger partial charge in [0, 0.05) is 43.8 Å². The number of carbonyl (C=O) groups excluding carboxylic acids is 1.